The molecule has 4 rings (SSSR count). The van der Waals surface area contributed by atoms with Crippen molar-refractivity contribution in [2.45, 2.75) is 70.5 Å². The Bertz CT molecular complexity index is 684. The van der Waals surface area contributed by atoms with E-state index in [1.165, 1.54) is 5.57 Å². The molecule has 3 N–H and O–H groups in total. The molecular weight excluding hydrogens is 332 g/mol. The fourth-order valence-electron chi connectivity index (χ4n) is 7.28. The van der Waals surface area contributed by atoms with Crippen LogP contribution in [-0.4, -0.2) is 45.2 Å². The number of hydrogen-bond donors (Lipinski definition) is 3. The van der Waals surface area contributed by atoms with Gasteiger partial charge in [0.25, 0.3) is 0 Å². The second-order valence-electron chi connectivity index (χ2n) is 9.56. The molecule has 0 aromatic carbocycles. The Kier molecular flexibility index (Phi) is 4.04. The molecule has 3 saturated carbocycles. The molecule has 0 radical (unpaired) electrons. The highest BCUT2D eigenvalue weighted by molar-refractivity contribution is 5.91. The average molecular weight is 362 g/mol. The van der Waals surface area contributed by atoms with Crippen LogP contribution in [0.25, 0.3) is 0 Å². The molecule has 0 unspecified atom stereocenters. The first-order valence-corrected chi connectivity index (χ1v) is 9.96. The summed E-state index contributed by atoms with van der Waals surface area (Å²) in [6.45, 7) is 3.46. The fraction of sp³-hybridized carbons (Fsp3) is 0.810. The third-order valence-corrected chi connectivity index (χ3v) is 8.65. The van der Waals surface area contributed by atoms with E-state index in [0.29, 0.717) is 19.3 Å². The number of Topliss-reactive ketones (excluding diaryl/α,β-unsaturated/α-hetero) is 1. The molecule has 7 atom stereocenters. The van der Waals surface area contributed by atoms with Gasteiger partial charge in [0, 0.05) is 11.8 Å². The first kappa shape index (κ1) is 18.3. The van der Waals surface area contributed by atoms with Crippen molar-refractivity contribution in [3.8, 4) is 0 Å². The monoisotopic (exact) mass is 362 g/mol. The summed E-state index contributed by atoms with van der Waals surface area (Å²) >= 11 is 0. The Balaban J connectivity index is 1.74. The zero-order valence-electron chi connectivity index (χ0n) is 15.7. The maximum absolute atomic E-state index is 12.4. The number of hydrogen-bond acceptors (Lipinski definition) is 5. The molecule has 4 aliphatic carbocycles. The number of carbonyl (C=O) groups is 2. The van der Waals surface area contributed by atoms with Gasteiger partial charge in [-0.3, -0.25) is 9.59 Å². The van der Waals surface area contributed by atoms with Crippen molar-refractivity contribution in [1.29, 1.82) is 0 Å². The van der Waals surface area contributed by atoms with Crippen molar-refractivity contribution in [2.24, 2.45) is 28.6 Å². The summed E-state index contributed by atoms with van der Waals surface area (Å²) in [6.07, 6.45) is 5.74. The number of ketones is 2. The molecule has 0 aromatic rings. The van der Waals surface area contributed by atoms with Crippen molar-refractivity contribution in [1.82, 2.24) is 0 Å². The van der Waals surface area contributed by atoms with Gasteiger partial charge in [0.1, 0.15) is 12.2 Å². The molecule has 3 fully saturated rings. The Morgan fingerprint density at radius 2 is 1.96 bits per heavy atom. The highest BCUT2D eigenvalue weighted by atomic mass is 16.3. The van der Waals surface area contributed by atoms with Crippen LogP contribution in [0.5, 0.6) is 0 Å². The van der Waals surface area contributed by atoms with Crippen molar-refractivity contribution in [3.63, 3.8) is 0 Å². The van der Waals surface area contributed by atoms with E-state index in [1.54, 1.807) is 6.08 Å². The number of aliphatic hydroxyl groups excluding tert-OH is 2. The van der Waals surface area contributed by atoms with Crippen LogP contribution < -0.4 is 0 Å². The number of allylic oxidation sites excluding steroid dienone is 1. The first-order valence-electron chi connectivity index (χ1n) is 9.96. The Hall–Kier alpha value is -1.04. The SMILES string of the molecule is C[C@]12CCC(=O)C=C1CC[C@H]1[C@H]2[C@H](O)C[C@@]2(C)[C@@H]1CC[C@]2(O)C(=O)CO. The molecule has 0 aromatic heterocycles. The molecule has 144 valence electrons. The van der Waals surface area contributed by atoms with Crippen LogP contribution in [0.4, 0.5) is 0 Å². The second-order valence-corrected chi connectivity index (χ2v) is 9.56. The van der Waals surface area contributed by atoms with E-state index < -0.39 is 29.5 Å². The second kappa shape index (κ2) is 5.73. The first-order chi connectivity index (χ1) is 12.2. The van der Waals surface area contributed by atoms with Gasteiger partial charge >= 0.3 is 0 Å². The van der Waals surface area contributed by atoms with Crippen LogP contribution in [0.2, 0.25) is 0 Å². The topological polar surface area (TPSA) is 94.8 Å². The quantitative estimate of drug-likeness (QED) is 0.696. The van der Waals surface area contributed by atoms with E-state index >= 15 is 0 Å². The van der Waals surface area contributed by atoms with E-state index in [2.05, 4.69) is 6.92 Å². The molecule has 0 heterocycles. The van der Waals surface area contributed by atoms with E-state index in [1.807, 2.05) is 6.92 Å². The summed E-state index contributed by atoms with van der Waals surface area (Å²) < 4.78 is 0. The van der Waals surface area contributed by atoms with Gasteiger partial charge in [-0.1, -0.05) is 19.4 Å². The molecular formula is C21H30O5. The lowest BCUT2D eigenvalue weighted by Crippen LogP contribution is -2.62. The van der Waals surface area contributed by atoms with Gasteiger partial charge in [-0.2, -0.15) is 0 Å². The van der Waals surface area contributed by atoms with Gasteiger partial charge < -0.3 is 15.3 Å². The van der Waals surface area contributed by atoms with E-state index in [-0.39, 0.29) is 29.0 Å². The van der Waals surface area contributed by atoms with Crippen LogP contribution in [0.1, 0.15) is 58.8 Å². The molecule has 5 heteroatoms. The zero-order chi connectivity index (χ0) is 18.9. The van der Waals surface area contributed by atoms with E-state index in [0.717, 1.165) is 25.7 Å². The van der Waals surface area contributed by atoms with Crippen LogP contribution >= 0.6 is 0 Å². The van der Waals surface area contributed by atoms with Crippen LogP contribution in [0.15, 0.2) is 11.6 Å². The predicted molar refractivity (Wildman–Crippen MR) is 95.1 cm³/mol. The van der Waals surface area contributed by atoms with Gasteiger partial charge in [0.15, 0.2) is 11.6 Å². The van der Waals surface area contributed by atoms with Gasteiger partial charge in [-0.05, 0) is 67.8 Å². The maximum Gasteiger partial charge on any atom is 0.190 e. The molecule has 26 heavy (non-hydrogen) atoms. The van der Waals surface area contributed by atoms with Crippen LogP contribution in [-0.2, 0) is 9.59 Å². The lowest BCUT2D eigenvalue weighted by atomic mass is 9.45. The Labute approximate surface area is 154 Å². The van der Waals surface area contributed by atoms with E-state index in [4.69, 9.17) is 0 Å². The third kappa shape index (κ3) is 2.14. The lowest BCUT2D eigenvalue weighted by molar-refractivity contribution is -0.182. The number of fused-ring (bicyclic) bond motifs is 5. The maximum atomic E-state index is 12.4. The van der Waals surface area contributed by atoms with Crippen molar-refractivity contribution < 1.29 is 24.9 Å². The molecule has 0 amide bonds. The molecule has 0 saturated heterocycles. The molecule has 0 aliphatic heterocycles. The van der Waals surface area contributed by atoms with Gasteiger partial charge in [0.05, 0.1) is 6.10 Å². The van der Waals surface area contributed by atoms with Gasteiger partial charge in [0.2, 0.25) is 0 Å². The summed E-state index contributed by atoms with van der Waals surface area (Å²) in [7, 11) is 0. The largest absolute Gasteiger partial charge is 0.393 e. The van der Waals surface area contributed by atoms with Crippen LogP contribution in [0.3, 0.4) is 0 Å². The fourth-order valence-corrected chi connectivity index (χ4v) is 7.28. The normalized spacial score (nSPS) is 50.5. The van der Waals surface area contributed by atoms with Gasteiger partial charge in [-0.15, -0.1) is 0 Å². The molecule has 4 aliphatic rings. The van der Waals surface area contributed by atoms with Crippen molar-refractivity contribution >= 4 is 11.6 Å². The highest BCUT2D eigenvalue weighted by Crippen LogP contribution is 2.67. The minimum absolute atomic E-state index is 0.0697. The number of carbonyl (C=O) groups excluding carboxylic acids is 2. The minimum Gasteiger partial charge on any atom is -0.393 e. The predicted octanol–water partition coefficient (Wildman–Crippen LogP) is 1.78. The minimum atomic E-state index is -1.54. The molecule has 0 bridgehead atoms. The van der Waals surface area contributed by atoms with Crippen molar-refractivity contribution in [3.05, 3.63) is 11.6 Å². The molecule has 5 nitrogen and oxygen atoms in total. The van der Waals surface area contributed by atoms with E-state index in [9.17, 15) is 24.9 Å². The lowest BCUT2D eigenvalue weighted by Gasteiger charge is -2.60. The van der Waals surface area contributed by atoms with Gasteiger partial charge in [-0.25, -0.2) is 0 Å². The molecule has 0 spiro atoms. The standard InChI is InChI=1S/C21H30O5/c1-19-7-5-13(23)9-12(19)3-4-14-15-6-8-21(26,17(25)11-22)20(15,2)10-16(24)18(14)19/h9,14-16,18,22,24,26H,3-8,10-11H2,1-2H3/t14-,15-,16-,18+,19+,20+,21+/m1/s1. The van der Waals surface area contributed by atoms with Crippen LogP contribution in [0, 0.1) is 28.6 Å². The third-order valence-electron chi connectivity index (χ3n) is 8.65. The number of rotatable bonds is 2. The summed E-state index contributed by atoms with van der Waals surface area (Å²) in [5.74, 6) is 0.140. The number of aliphatic hydroxyl groups is 3. The summed E-state index contributed by atoms with van der Waals surface area (Å²) in [6, 6.07) is 0. The zero-order valence-corrected chi connectivity index (χ0v) is 15.7. The summed E-state index contributed by atoms with van der Waals surface area (Å²) in [4.78, 5) is 24.3. The summed E-state index contributed by atoms with van der Waals surface area (Å²) in [5.41, 5.74) is -1.23. The Morgan fingerprint density at radius 1 is 1.23 bits per heavy atom. The summed E-state index contributed by atoms with van der Waals surface area (Å²) in [5, 5.41) is 31.7. The van der Waals surface area contributed by atoms with Crippen molar-refractivity contribution in [2.75, 3.05) is 6.61 Å². The average Bonchev–Trinajstić information content (AvgIpc) is 2.86. The Morgan fingerprint density at radius 3 is 2.65 bits per heavy atom. The highest BCUT2D eigenvalue weighted by Gasteiger charge is 2.68. The smallest absolute Gasteiger partial charge is 0.190 e.